The number of phenolic OH excluding ortho intramolecular Hbond substituents is 3. The summed E-state index contributed by atoms with van der Waals surface area (Å²) in [6.07, 6.45) is -14.9. The lowest BCUT2D eigenvalue weighted by molar-refractivity contribution is -0.334. The molecule has 2 saturated heterocycles. The van der Waals surface area contributed by atoms with Gasteiger partial charge in [-0.3, -0.25) is 33.6 Å². The van der Waals surface area contributed by atoms with Crippen molar-refractivity contribution in [1.29, 1.82) is 0 Å². The van der Waals surface area contributed by atoms with Crippen LogP contribution < -0.4 is 67.6 Å². The second-order valence-electron chi connectivity index (χ2n) is 27.4. The van der Waals surface area contributed by atoms with Crippen molar-refractivity contribution >= 4 is 70.5 Å². The topological polar surface area (TPSA) is 540 Å². The molecule has 6 aromatic rings. The third-order valence-electron chi connectivity index (χ3n) is 19.4. The monoisotopic (exact) mass is 1580 g/mol. The van der Waals surface area contributed by atoms with Gasteiger partial charge in [0.05, 0.1) is 41.9 Å². The molecule has 7 aliphatic heterocycles. The number of carboxylic acids is 1. The predicted octanol–water partition coefficient (Wildman–Crippen LogP) is 2.39. The number of hydrogen-bond donors (Lipinski definition) is 19. The van der Waals surface area contributed by atoms with Crippen LogP contribution in [0.4, 0.5) is 0 Å². The van der Waals surface area contributed by atoms with Crippen LogP contribution in [0.15, 0.2) is 116 Å². The van der Waals surface area contributed by atoms with E-state index in [2.05, 4.69) is 43.8 Å². The van der Waals surface area contributed by atoms with Crippen molar-refractivity contribution in [3.05, 3.63) is 159 Å². The van der Waals surface area contributed by atoms with Crippen LogP contribution in [0.3, 0.4) is 0 Å². The summed E-state index contributed by atoms with van der Waals surface area (Å²) in [6, 6.07) is 7.54. The van der Waals surface area contributed by atoms with Crippen LogP contribution in [0.2, 0.25) is 10.0 Å². The molecule has 6 aromatic carbocycles. The first-order valence-electron chi connectivity index (χ1n) is 35.1. The number of amides is 7. The van der Waals surface area contributed by atoms with Crippen LogP contribution >= 0.6 is 23.2 Å². The van der Waals surface area contributed by atoms with Gasteiger partial charge in [-0.2, -0.15) is 0 Å². The molecule has 7 amide bonds. The number of allylic oxidation sites excluding steroid dienone is 1. The molecule has 592 valence electrons. The van der Waals surface area contributed by atoms with E-state index in [-0.39, 0.29) is 47.0 Å². The minimum Gasteiger partial charge on any atom is -0.508 e. The van der Waals surface area contributed by atoms with E-state index in [1.165, 1.54) is 12.1 Å². The SMILES string of the molecule is C=CCCCCOc1cccc(CN[C@@]2(C)C[C@H](O[C@H]3[C@H](Oc4c5cc6cc4Oc4ccc(cc4Cl)[C@@H](O)[C@@H](NC(=O)CCN)C(=O)N[C@@H](CC(N)=O)C(=O)N[C@H]6C(=O)N[C@H]4C(=O)N[C@H](C(=O)N[C@H](C(=O)O)c6cc(O)cc(O)c6-c6cc4ccc6O)[C@H](O)c4ccc(c(Cl)c4)O5)O[C@H](CO)[C@@H](O)[C@@H]3O)O[C@@H](C)[C@H]2O)c1. The molecule has 0 saturated carbocycles. The Labute approximate surface area is 642 Å². The number of rotatable bonds is 20. The van der Waals surface area contributed by atoms with Gasteiger partial charge < -0.3 is 133 Å². The number of primary amides is 1. The highest BCUT2D eigenvalue weighted by Gasteiger charge is 2.52. The summed E-state index contributed by atoms with van der Waals surface area (Å²) in [7, 11) is 0. The van der Waals surface area contributed by atoms with Gasteiger partial charge in [-0.15, -0.1) is 6.58 Å². The summed E-state index contributed by atoms with van der Waals surface area (Å²) in [5.41, 5.74) is 8.03. The molecule has 0 aromatic heterocycles. The number of carbonyl (C=O) groups excluding carboxylic acids is 7. The van der Waals surface area contributed by atoms with Crippen molar-refractivity contribution in [2.24, 2.45) is 11.5 Å². The van der Waals surface area contributed by atoms with Gasteiger partial charge in [0.1, 0.15) is 95.2 Å². The first kappa shape index (κ1) is 81.5. The average molecular weight is 1580 g/mol. The summed E-state index contributed by atoms with van der Waals surface area (Å²) < 4.78 is 45.3. The number of carboxylic acid groups (broad SMARTS) is 1. The highest BCUT2D eigenvalue weighted by atomic mass is 35.5. The number of nitrogens with two attached hydrogens (primary N) is 2. The van der Waals surface area contributed by atoms with E-state index in [0.717, 1.165) is 91.6 Å². The second-order valence-corrected chi connectivity index (χ2v) is 28.2. The Hall–Kier alpha value is -10.4. The van der Waals surface area contributed by atoms with Crippen LogP contribution in [-0.4, -0.2) is 191 Å². The van der Waals surface area contributed by atoms with Crippen molar-refractivity contribution in [3.8, 4) is 62.9 Å². The standard InChI is InChI=1S/C75H83Cl2N9O25/c1-4-5-6-7-19-105-39-10-8-9-33(20-39)30-80-75(3)29-54(106-32(2)67(75)97)110-66-64(96)63(95)51(31-87)109-74(66)111-65-49-24-37-25-50(65)108-48-16-13-36(23-43(48)77)62(94)60-72(102)85-58(73(103)104)41-26-38(88)27-46(90)55(41)40-21-34(11-14-45(40)89)56(69(99)86-60)84-70(100)57(37)83-68(98)44(28-52(79)91)81-71(101)59(82-53(92)17-18-78)61(93)35-12-15-47(107-49)42(76)22-35/h4,8-16,20-27,32,44,51,54,56-64,66-67,74,80,87-90,93-97H,1,5-7,17-19,28-31,78H2,2-3H3,(H2,79,91)(H,81,101)(H,82,92)(H,83,98)(H,84,100)(H,85,102)(H,86,99)(H,103,104)/t32-,44-,51+,54-,56+,57+,58-,59+,60-,61+,62+,63+,64-,66+,67+,74-,75-/m0/s1. The predicted molar refractivity (Wildman–Crippen MR) is 389 cm³/mol. The summed E-state index contributed by atoms with van der Waals surface area (Å²) in [4.78, 5) is 116. The van der Waals surface area contributed by atoms with Gasteiger partial charge in [-0.25, -0.2) is 4.79 Å². The molecule has 111 heavy (non-hydrogen) atoms. The van der Waals surface area contributed by atoms with Gasteiger partial charge in [0, 0.05) is 54.2 Å². The first-order valence-corrected chi connectivity index (χ1v) is 35.9. The zero-order valence-electron chi connectivity index (χ0n) is 59.4. The molecule has 7 heterocycles. The maximum absolute atomic E-state index is 16.1. The molecule has 17 atom stereocenters. The largest absolute Gasteiger partial charge is 0.508 e. The highest BCUT2D eigenvalue weighted by Crippen LogP contribution is 2.50. The molecular weight excluding hydrogens is 1500 g/mol. The molecule has 0 unspecified atom stereocenters. The Kier molecular flexibility index (Phi) is 25.6. The van der Waals surface area contributed by atoms with E-state index in [1.54, 1.807) is 13.8 Å². The van der Waals surface area contributed by atoms with E-state index in [4.69, 9.17) is 67.8 Å². The number of aromatic hydroxyl groups is 3. The number of hydrogen-bond acceptors (Lipinski definition) is 26. The summed E-state index contributed by atoms with van der Waals surface area (Å²) in [6.45, 7) is 6.45. The molecule has 2 fully saturated rings. The number of aliphatic hydroxyl groups is 6. The van der Waals surface area contributed by atoms with E-state index in [1.807, 2.05) is 30.3 Å². The van der Waals surface area contributed by atoms with Gasteiger partial charge in [0.2, 0.25) is 53.4 Å². The number of ether oxygens (including phenoxy) is 7. The first-order chi connectivity index (χ1) is 52.9. The van der Waals surface area contributed by atoms with Gasteiger partial charge in [-0.05, 0) is 128 Å². The van der Waals surface area contributed by atoms with Crippen molar-refractivity contribution in [1.82, 2.24) is 37.2 Å². The molecule has 11 bridgehead atoms. The van der Waals surface area contributed by atoms with Gasteiger partial charge in [0.15, 0.2) is 29.9 Å². The number of phenols is 3. The Bertz CT molecular complexity index is 4560. The highest BCUT2D eigenvalue weighted by molar-refractivity contribution is 6.32. The summed E-state index contributed by atoms with van der Waals surface area (Å²) >= 11 is 14.2. The van der Waals surface area contributed by atoms with E-state index < -0.39 is 237 Å². The smallest absolute Gasteiger partial charge is 0.330 e. The number of nitrogens with one attached hydrogen (secondary N) is 7. The Morgan fingerprint density at radius 3 is 2.03 bits per heavy atom. The number of unbranched alkanes of at least 4 members (excludes halogenated alkanes) is 2. The van der Waals surface area contributed by atoms with Crippen LogP contribution in [-0.2, 0) is 59.1 Å². The Morgan fingerprint density at radius 2 is 1.38 bits per heavy atom. The Morgan fingerprint density at radius 1 is 0.721 bits per heavy atom. The fourth-order valence-corrected chi connectivity index (χ4v) is 14.0. The molecule has 0 spiro atoms. The third kappa shape index (κ3) is 18.3. The van der Waals surface area contributed by atoms with Crippen molar-refractivity contribution in [2.75, 3.05) is 19.8 Å². The van der Waals surface area contributed by atoms with E-state index in [9.17, 15) is 75.0 Å². The van der Waals surface area contributed by atoms with Crippen molar-refractivity contribution < 1.29 is 123 Å². The summed E-state index contributed by atoms with van der Waals surface area (Å²) in [5.74, 6) is -15.5. The maximum Gasteiger partial charge on any atom is 0.330 e. The fourth-order valence-electron chi connectivity index (χ4n) is 13.6. The van der Waals surface area contributed by atoms with Crippen LogP contribution in [0.25, 0.3) is 11.1 Å². The number of aliphatic hydroxyl groups excluding tert-OH is 6. The molecule has 0 radical (unpaired) electrons. The molecule has 36 heteroatoms. The number of fused-ring (bicyclic) bond motifs is 15. The average Bonchev–Trinajstić information content (AvgIpc) is 0.765. The lowest BCUT2D eigenvalue weighted by Gasteiger charge is -2.48. The van der Waals surface area contributed by atoms with Crippen LogP contribution in [0.5, 0.6) is 51.7 Å². The zero-order valence-corrected chi connectivity index (χ0v) is 60.9. The van der Waals surface area contributed by atoms with Gasteiger partial charge in [0.25, 0.3) is 0 Å². The molecular formula is C75H83Cl2N9O25. The maximum atomic E-state index is 16.1. The third-order valence-corrected chi connectivity index (χ3v) is 20.0. The van der Waals surface area contributed by atoms with Crippen molar-refractivity contribution in [3.63, 3.8) is 0 Å². The quantitative estimate of drug-likeness (QED) is 0.0385. The minimum absolute atomic E-state index is 0.176. The van der Waals surface area contributed by atoms with Gasteiger partial charge in [-0.1, -0.05) is 59.6 Å². The number of halogens is 2. The lowest BCUT2D eigenvalue weighted by Crippen LogP contribution is -2.65. The van der Waals surface area contributed by atoms with Crippen molar-refractivity contribution in [2.45, 2.75) is 162 Å². The number of carbonyl (C=O) groups is 8. The summed E-state index contributed by atoms with van der Waals surface area (Å²) in [5, 5.41) is 133. The molecule has 7 aliphatic rings. The number of aliphatic carboxylic acids is 1. The van der Waals surface area contributed by atoms with Crippen LogP contribution in [0.1, 0.15) is 116 Å². The molecule has 13 rings (SSSR count). The molecule has 0 aliphatic carbocycles. The minimum atomic E-state index is -2.36. The molecule has 21 N–H and O–H groups in total. The lowest BCUT2D eigenvalue weighted by atomic mass is 9.84. The molecule has 34 nitrogen and oxygen atoms in total. The fraction of sp³-hybridized carbons (Fsp3) is 0.387. The normalized spacial score (nSPS) is 27.4. The number of benzene rings is 6. The van der Waals surface area contributed by atoms with Crippen LogP contribution in [0, 0.1) is 0 Å². The van der Waals surface area contributed by atoms with Gasteiger partial charge >= 0.3 is 5.97 Å². The zero-order chi connectivity index (χ0) is 80.0. The Balaban J connectivity index is 1.10. The second kappa shape index (κ2) is 34.9. The van der Waals surface area contributed by atoms with E-state index >= 15 is 14.4 Å². The van der Waals surface area contributed by atoms with E-state index in [0.29, 0.717) is 12.4 Å².